The molecule has 16 heavy (non-hydrogen) atoms. The van der Waals surface area contributed by atoms with Crippen molar-refractivity contribution < 1.29 is 4.79 Å². The van der Waals surface area contributed by atoms with E-state index in [1.807, 2.05) is 11.8 Å². The van der Waals surface area contributed by atoms with Gasteiger partial charge in [-0.3, -0.25) is 4.79 Å². The van der Waals surface area contributed by atoms with Gasteiger partial charge in [-0.15, -0.1) is 0 Å². The van der Waals surface area contributed by atoms with E-state index in [-0.39, 0.29) is 11.8 Å². The lowest BCUT2D eigenvalue weighted by atomic mass is 10.0. The maximum atomic E-state index is 12.3. The Balaban J connectivity index is 4.55. The molecule has 0 aromatic heterocycles. The molecule has 0 saturated carbocycles. The molecule has 0 aromatic rings. The summed E-state index contributed by atoms with van der Waals surface area (Å²) >= 11 is 0. The van der Waals surface area contributed by atoms with Crippen LogP contribution in [0.3, 0.4) is 0 Å². The van der Waals surface area contributed by atoms with E-state index in [4.69, 9.17) is 5.73 Å². The molecule has 3 heteroatoms. The Morgan fingerprint density at radius 3 is 2.19 bits per heavy atom. The summed E-state index contributed by atoms with van der Waals surface area (Å²) < 4.78 is 0. The number of carbonyl (C=O) groups is 1. The molecule has 0 bridgehead atoms. The van der Waals surface area contributed by atoms with Gasteiger partial charge in [0, 0.05) is 25.0 Å². The molecular weight excluding hydrogens is 200 g/mol. The average molecular weight is 228 g/mol. The number of amides is 1. The van der Waals surface area contributed by atoms with Gasteiger partial charge in [-0.1, -0.05) is 34.1 Å². The third kappa shape index (κ3) is 4.52. The maximum absolute atomic E-state index is 12.3. The summed E-state index contributed by atoms with van der Waals surface area (Å²) in [7, 11) is 0. The van der Waals surface area contributed by atoms with Crippen LogP contribution in [0.1, 0.15) is 53.4 Å². The molecule has 0 heterocycles. The standard InChI is InChI=1S/C13H28N2O/c1-5-8-11(4)13(16)15(10-9-14)12(6-2)7-3/h11-12H,5-10,14H2,1-4H3. The largest absolute Gasteiger partial charge is 0.338 e. The second kappa shape index (κ2) is 8.57. The van der Waals surface area contributed by atoms with Crippen LogP contribution in [0.2, 0.25) is 0 Å². The quantitative estimate of drug-likeness (QED) is 0.693. The van der Waals surface area contributed by atoms with Crippen LogP contribution < -0.4 is 5.73 Å². The summed E-state index contributed by atoms with van der Waals surface area (Å²) in [5.41, 5.74) is 5.59. The first kappa shape index (κ1) is 15.4. The van der Waals surface area contributed by atoms with Gasteiger partial charge in [0.15, 0.2) is 0 Å². The monoisotopic (exact) mass is 228 g/mol. The van der Waals surface area contributed by atoms with Gasteiger partial charge in [-0.05, 0) is 19.3 Å². The predicted octanol–water partition coefficient (Wildman–Crippen LogP) is 2.40. The number of hydrogen-bond donors (Lipinski definition) is 1. The van der Waals surface area contributed by atoms with Gasteiger partial charge in [0.25, 0.3) is 0 Å². The summed E-state index contributed by atoms with van der Waals surface area (Å²) in [5, 5.41) is 0. The smallest absolute Gasteiger partial charge is 0.225 e. The van der Waals surface area contributed by atoms with E-state index in [0.29, 0.717) is 19.1 Å². The van der Waals surface area contributed by atoms with Crippen molar-refractivity contribution in [2.75, 3.05) is 13.1 Å². The third-order valence-electron chi connectivity index (χ3n) is 3.18. The summed E-state index contributed by atoms with van der Waals surface area (Å²) in [4.78, 5) is 14.2. The molecule has 0 radical (unpaired) electrons. The van der Waals surface area contributed by atoms with Gasteiger partial charge in [-0.2, -0.15) is 0 Å². The Kier molecular flexibility index (Phi) is 8.26. The first-order chi connectivity index (χ1) is 7.62. The molecule has 1 atom stereocenters. The van der Waals surface area contributed by atoms with Crippen molar-refractivity contribution in [3.63, 3.8) is 0 Å². The van der Waals surface area contributed by atoms with Crippen LogP contribution in [-0.2, 0) is 4.79 Å². The van der Waals surface area contributed by atoms with E-state index in [2.05, 4.69) is 20.8 Å². The second-order valence-corrected chi connectivity index (χ2v) is 4.48. The highest BCUT2D eigenvalue weighted by atomic mass is 16.2. The minimum atomic E-state index is 0.136. The van der Waals surface area contributed by atoms with E-state index in [1.54, 1.807) is 0 Å². The SMILES string of the molecule is CCCC(C)C(=O)N(CCN)C(CC)CC. The molecule has 1 amide bonds. The predicted molar refractivity (Wildman–Crippen MR) is 69.2 cm³/mol. The molecule has 0 saturated heterocycles. The zero-order chi connectivity index (χ0) is 12.6. The van der Waals surface area contributed by atoms with Crippen LogP contribution in [-0.4, -0.2) is 29.9 Å². The highest BCUT2D eigenvalue weighted by Crippen LogP contribution is 2.15. The van der Waals surface area contributed by atoms with Crippen LogP contribution in [0.5, 0.6) is 0 Å². The summed E-state index contributed by atoms with van der Waals surface area (Å²) in [6.07, 6.45) is 4.06. The van der Waals surface area contributed by atoms with Crippen LogP contribution in [0.15, 0.2) is 0 Å². The Morgan fingerprint density at radius 2 is 1.81 bits per heavy atom. The molecular formula is C13H28N2O. The normalized spacial score (nSPS) is 12.9. The fourth-order valence-corrected chi connectivity index (χ4v) is 2.18. The Labute approximate surface area is 100 Å². The van der Waals surface area contributed by atoms with Crippen LogP contribution in [0, 0.1) is 5.92 Å². The maximum Gasteiger partial charge on any atom is 0.225 e. The number of nitrogens with two attached hydrogens (primary N) is 1. The third-order valence-corrected chi connectivity index (χ3v) is 3.18. The van der Waals surface area contributed by atoms with E-state index < -0.39 is 0 Å². The zero-order valence-electron chi connectivity index (χ0n) is 11.3. The van der Waals surface area contributed by atoms with Crippen molar-refractivity contribution in [2.45, 2.75) is 59.4 Å². The average Bonchev–Trinajstić information content (AvgIpc) is 2.29. The van der Waals surface area contributed by atoms with Gasteiger partial charge in [0.1, 0.15) is 0 Å². The van der Waals surface area contributed by atoms with Crippen molar-refractivity contribution in [1.82, 2.24) is 4.90 Å². The van der Waals surface area contributed by atoms with Gasteiger partial charge < -0.3 is 10.6 Å². The lowest BCUT2D eigenvalue weighted by molar-refractivity contribution is -0.137. The molecule has 1 unspecified atom stereocenters. The molecule has 0 aromatic carbocycles. The van der Waals surface area contributed by atoms with Crippen molar-refractivity contribution in [2.24, 2.45) is 11.7 Å². The molecule has 0 aliphatic rings. The van der Waals surface area contributed by atoms with E-state index >= 15 is 0 Å². The first-order valence-corrected chi connectivity index (χ1v) is 6.62. The molecule has 0 aliphatic heterocycles. The molecule has 3 nitrogen and oxygen atoms in total. The molecule has 0 rings (SSSR count). The lowest BCUT2D eigenvalue weighted by Gasteiger charge is -2.32. The van der Waals surface area contributed by atoms with E-state index in [1.165, 1.54) is 0 Å². The number of carbonyl (C=O) groups excluding carboxylic acids is 1. The summed E-state index contributed by atoms with van der Waals surface area (Å²) in [5.74, 6) is 0.415. The molecule has 0 spiro atoms. The van der Waals surface area contributed by atoms with Crippen LogP contribution in [0.25, 0.3) is 0 Å². The van der Waals surface area contributed by atoms with Crippen molar-refractivity contribution in [3.8, 4) is 0 Å². The molecule has 96 valence electrons. The van der Waals surface area contributed by atoms with Crippen molar-refractivity contribution in [1.29, 1.82) is 0 Å². The summed E-state index contributed by atoms with van der Waals surface area (Å²) in [6.45, 7) is 9.66. The lowest BCUT2D eigenvalue weighted by Crippen LogP contribution is -2.45. The van der Waals surface area contributed by atoms with Crippen molar-refractivity contribution >= 4 is 5.91 Å². The Hall–Kier alpha value is -0.570. The topological polar surface area (TPSA) is 46.3 Å². The Bertz CT molecular complexity index is 190. The first-order valence-electron chi connectivity index (χ1n) is 6.62. The van der Waals surface area contributed by atoms with Gasteiger partial charge in [-0.25, -0.2) is 0 Å². The number of rotatable bonds is 8. The highest BCUT2D eigenvalue weighted by Gasteiger charge is 2.24. The van der Waals surface area contributed by atoms with Crippen LogP contribution >= 0.6 is 0 Å². The highest BCUT2D eigenvalue weighted by molar-refractivity contribution is 5.78. The number of nitrogens with zero attached hydrogens (tertiary/aromatic N) is 1. The zero-order valence-corrected chi connectivity index (χ0v) is 11.3. The fourth-order valence-electron chi connectivity index (χ4n) is 2.18. The fraction of sp³-hybridized carbons (Fsp3) is 0.923. The Morgan fingerprint density at radius 1 is 1.25 bits per heavy atom. The minimum absolute atomic E-state index is 0.136. The molecule has 2 N–H and O–H groups in total. The van der Waals surface area contributed by atoms with Crippen LogP contribution in [0.4, 0.5) is 0 Å². The molecule has 0 aliphatic carbocycles. The minimum Gasteiger partial charge on any atom is -0.338 e. The van der Waals surface area contributed by atoms with Gasteiger partial charge in [0.05, 0.1) is 0 Å². The van der Waals surface area contributed by atoms with Crippen molar-refractivity contribution in [3.05, 3.63) is 0 Å². The number of hydrogen-bond acceptors (Lipinski definition) is 2. The summed E-state index contributed by atoms with van der Waals surface area (Å²) in [6, 6.07) is 0.357. The molecule has 0 fully saturated rings. The van der Waals surface area contributed by atoms with Gasteiger partial charge >= 0.3 is 0 Å². The van der Waals surface area contributed by atoms with E-state index in [9.17, 15) is 4.79 Å². The van der Waals surface area contributed by atoms with E-state index in [0.717, 1.165) is 25.7 Å². The van der Waals surface area contributed by atoms with Gasteiger partial charge in [0.2, 0.25) is 5.91 Å². The second-order valence-electron chi connectivity index (χ2n) is 4.48.